The van der Waals surface area contributed by atoms with Gasteiger partial charge in [-0.2, -0.15) is 8.42 Å². The van der Waals surface area contributed by atoms with Crippen molar-refractivity contribution in [1.82, 2.24) is 10.9 Å². The van der Waals surface area contributed by atoms with Gasteiger partial charge < -0.3 is 0 Å². The number of aryl methyl sites for hydroxylation is 1. The van der Waals surface area contributed by atoms with E-state index in [2.05, 4.69) is 20.2 Å². The average Bonchev–Trinajstić information content (AvgIpc) is 3.12. The van der Waals surface area contributed by atoms with Crippen LogP contribution in [0.15, 0.2) is 43.4 Å². The maximum atomic E-state index is 12.9. The lowest BCUT2D eigenvalue weighted by molar-refractivity contribution is -0.380. The molecule has 1 aromatic heterocycles. The molecule has 156 valence electrons. The Morgan fingerprint density at radius 1 is 1.41 bits per heavy atom. The van der Waals surface area contributed by atoms with Gasteiger partial charge in [-0.05, 0) is 36.4 Å². The highest BCUT2D eigenvalue weighted by atomic mass is 35.5. The van der Waals surface area contributed by atoms with Crippen LogP contribution in [-0.4, -0.2) is 38.3 Å². The number of hydrogen-bond donors (Lipinski definition) is 2. The number of nitrogens with one attached hydrogen (secondary N) is 2. The molecule has 1 aromatic carbocycles. The van der Waals surface area contributed by atoms with Crippen molar-refractivity contribution in [2.45, 2.75) is 23.6 Å². The standard InChI is InChI=1S/C16H18ClN5O4S3/c1-4-27-13-8-12(17)10(2)7-14(13)29(25,26)21-16(20-18-3)19-9-11-5-6-15(28-11)22(23)24/h5-9,18H,4H2,1-3H3,(H,20,21)/b19-9+. The third-order valence-electron chi connectivity index (χ3n) is 3.35. The summed E-state index contributed by atoms with van der Waals surface area (Å²) in [5, 5.41) is 11.2. The molecule has 0 aliphatic heterocycles. The number of aliphatic imine (C=N–C) groups is 1. The molecular formula is C16H18ClN5O4S3. The first kappa shape index (κ1) is 23.3. The second-order valence-electron chi connectivity index (χ2n) is 5.44. The van der Waals surface area contributed by atoms with Crippen LogP contribution in [0.1, 0.15) is 17.4 Å². The minimum absolute atomic E-state index is 0.0311. The minimum Gasteiger partial charge on any atom is -0.289 e. The van der Waals surface area contributed by atoms with Gasteiger partial charge in [0.2, 0.25) is 5.96 Å². The third-order valence-corrected chi connectivity index (χ3v) is 7.11. The molecular weight excluding hydrogens is 458 g/mol. The van der Waals surface area contributed by atoms with E-state index in [9.17, 15) is 18.5 Å². The van der Waals surface area contributed by atoms with Gasteiger partial charge in [0, 0.05) is 29.2 Å². The number of nitrogens with zero attached hydrogens (tertiary/aromatic N) is 3. The van der Waals surface area contributed by atoms with E-state index in [0.717, 1.165) is 11.3 Å². The summed E-state index contributed by atoms with van der Waals surface area (Å²) in [7, 11) is -2.57. The largest absolute Gasteiger partial charge is 0.324 e. The van der Waals surface area contributed by atoms with Gasteiger partial charge in [-0.3, -0.25) is 15.5 Å². The molecule has 2 rings (SSSR count). The zero-order valence-corrected chi connectivity index (χ0v) is 18.9. The summed E-state index contributed by atoms with van der Waals surface area (Å²) in [5.74, 6) is 0.436. The van der Waals surface area contributed by atoms with Crippen molar-refractivity contribution in [1.29, 1.82) is 0 Å². The lowest BCUT2D eigenvalue weighted by atomic mass is 10.2. The highest BCUT2D eigenvalue weighted by molar-refractivity contribution is 8.00. The predicted molar refractivity (Wildman–Crippen MR) is 118 cm³/mol. The van der Waals surface area contributed by atoms with E-state index in [1.807, 2.05) is 6.92 Å². The molecule has 0 saturated carbocycles. The van der Waals surface area contributed by atoms with E-state index >= 15 is 0 Å². The molecule has 0 radical (unpaired) electrons. The summed E-state index contributed by atoms with van der Waals surface area (Å²) in [4.78, 5) is 15.3. The fourth-order valence-electron chi connectivity index (χ4n) is 2.09. The van der Waals surface area contributed by atoms with Crippen LogP contribution in [0.4, 0.5) is 5.00 Å². The zero-order valence-electron chi connectivity index (χ0n) is 15.7. The van der Waals surface area contributed by atoms with Gasteiger partial charge in [0.15, 0.2) is 0 Å². The SMILES string of the molecule is CCSc1cc(Cl)c(C)cc1S(=O)(=O)/N=C(/N=C/c1ccc([N+](=O)[O-])s1)NNC. The van der Waals surface area contributed by atoms with Gasteiger partial charge in [-0.15, -0.1) is 16.2 Å². The molecule has 0 amide bonds. The quantitative estimate of drug-likeness (QED) is 0.206. The number of thioether (sulfide) groups is 1. The summed E-state index contributed by atoms with van der Waals surface area (Å²) in [6.07, 6.45) is 1.30. The molecule has 0 unspecified atom stereocenters. The predicted octanol–water partition coefficient (Wildman–Crippen LogP) is 3.62. The molecule has 0 atom stereocenters. The van der Waals surface area contributed by atoms with E-state index in [1.165, 1.54) is 43.2 Å². The fourth-order valence-corrected chi connectivity index (χ4v) is 5.28. The van der Waals surface area contributed by atoms with Gasteiger partial charge >= 0.3 is 5.00 Å². The number of halogens is 1. The third kappa shape index (κ3) is 6.24. The van der Waals surface area contributed by atoms with Gasteiger partial charge in [-0.25, -0.2) is 10.4 Å². The molecule has 9 nitrogen and oxygen atoms in total. The summed E-state index contributed by atoms with van der Waals surface area (Å²) < 4.78 is 29.6. The Morgan fingerprint density at radius 3 is 2.72 bits per heavy atom. The van der Waals surface area contributed by atoms with Gasteiger partial charge in [0.05, 0.1) is 9.80 Å². The molecule has 0 bridgehead atoms. The Hall–Kier alpha value is -1.99. The number of rotatable bonds is 7. The second-order valence-corrected chi connectivity index (χ2v) is 9.82. The van der Waals surface area contributed by atoms with Gasteiger partial charge in [0.25, 0.3) is 10.0 Å². The average molecular weight is 476 g/mol. The van der Waals surface area contributed by atoms with Gasteiger partial charge in [0.1, 0.15) is 4.90 Å². The van der Waals surface area contributed by atoms with Crippen molar-refractivity contribution >= 4 is 61.9 Å². The second kappa shape index (κ2) is 10.2. The van der Waals surface area contributed by atoms with E-state index in [4.69, 9.17) is 11.6 Å². The van der Waals surface area contributed by atoms with Crippen molar-refractivity contribution in [3.63, 3.8) is 0 Å². The zero-order chi connectivity index (χ0) is 21.6. The van der Waals surface area contributed by atoms with Crippen LogP contribution in [0.3, 0.4) is 0 Å². The Balaban J connectivity index is 2.43. The van der Waals surface area contributed by atoms with Crippen LogP contribution < -0.4 is 10.9 Å². The molecule has 2 aromatic rings. The normalized spacial score (nSPS) is 12.5. The summed E-state index contributed by atoms with van der Waals surface area (Å²) in [6.45, 7) is 3.61. The number of sulfonamides is 1. The summed E-state index contributed by atoms with van der Waals surface area (Å²) in [5.41, 5.74) is 5.73. The maximum Gasteiger partial charge on any atom is 0.324 e. The van der Waals surface area contributed by atoms with Crippen LogP contribution in [0.25, 0.3) is 0 Å². The first-order chi connectivity index (χ1) is 13.7. The highest BCUT2D eigenvalue weighted by Gasteiger charge is 2.21. The van der Waals surface area contributed by atoms with Crippen molar-refractivity contribution in [3.8, 4) is 0 Å². The van der Waals surface area contributed by atoms with Crippen LogP contribution >= 0.6 is 34.7 Å². The number of guanidine groups is 1. The van der Waals surface area contributed by atoms with Crippen LogP contribution in [0.5, 0.6) is 0 Å². The number of hydrogen-bond acceptors (Lipinski definition) is 7. The maximum absolute atomic E-state index is 12.9. The summed E-state index contributed by atoms with van der Waals surface area (Å²) >= 11 is 8.38. The lowest BCUT2D eigenvalue weighted by Crippen LogP contribution is -2.33. The Morgan fingerprint density at radius 2 is 2.14 bits per heavy atom. The van der Waals surface area contributed by atoms with Crippen LogP contribution in [0, 0.1) is 17.0 Å². The first-order valence-corrected chi connectivity index (χ1v) is 11.8. The Labute approximate surface area is 181 Å². The van der Waals surface area contributed by atoms with Gasteiger partial charge in [-0.1, -0.05) is 29.9 Å². The highest BCUT2D eigenvalue weighted by Crippen LogP contribution is 2.32. The topological polar surface area (TPSA) is 126 Å². The molecule has 0 aliphatic carbocycles. The Kier molecular flexibility index (Phi) is 8.16. The lowest BCUT2D eigenvalue weighted by Gasteiger charge is -2.10. The smallest absolute Gasteiger partial charge is 0.289 e. The molecule has 0 spiro atoms. The van der Waals surface area contributed by atoms with Crippen LogP contribution in [-0.2, 0) is 10.0 Å². The van der Waals surface area contributed by atoms with Crippen molar-refractivity contribution in [3.05, 3.63) is 49.8 Å². The van der Waals surface area contributed by atoms with Crippen molar-refractivity contribution < 1.29 is 13.3 Å². The molecule has 2 N–H and O–H groups in total. The van der Waals surface area contributed by atoms with Crippen molar-refractivity contribution in [2.24, 2.45) is 9.39 Å². The number of hydrazine groups is 1. The first-order valence-electron chi connectivity index (χ1n) is 8.17. The van der Waals surface area contributed by atoms with E-state index in [0.29, 0.717) is 26.1 Å². The monoisotopic (exact) mass is 475 g/mol. The molecule has 29 heavy (non-hydrogen) atoms. The molecule has 0 saturated heterocycles. The molecule has 13 heteroatoms. The number of nitro groups is 1. The molecule has 1 heterocycles. The van der Waals surface area contributed by atoms with Crippen molar-refractivity contribution in [2.75, 3.05) is 12.8 Å². The summed E-state index contributed by atoms with van der Waals surface area (Å²) in [6, 6.07) is 5.93. The molecule has 0 aliphatic rings. The number of thiophene rings is 1. The van der Waals surface area contributed by atoms with Crippen LogP contribution in [0.2, 0.25) is 5.02 Å². The van der Waals surface area contributed by atoms with E-state index in [1.54, 1.807) is 13.0 Å². The minimum atomic E-state index is -4.10. The molecule has 0 fully saturated rings. The van der Waals surface area contributed by atoms with E-state index < -0.39 is 14.9 Å². The number of benzene rings is 1. The Bertz CT molecular complexity index is 1070. The fraction of sp³-hybridized carbons (Fsp3) is 0.250. The van der Waals surface area contributed by atoms with E-state index in [-0.39, 0.29) is 15.9 Å².